The lowest BCUT2D eigenvalue weighted by Gasteiger charge is -2.26. The van der Waals surface area contributed by atoms with Gasteiger partial charge in [0.25, 0.3) is 0 Å². The van der Waals surface area contributed by atoms with Crippen LogP contribution in [0.15, 0.2) is 18.2 Å². The van der Waals surface area contributed by atoms with Crippen molar-refractivity contribution in [3.63, 3.8) is 0 Å². The standard InChI is InChI=1S/C17H26N2O4/c1-17(2,3)23-16(20)19-14-8-7-12(21-4)10-15(14)22-13-6-5-9-18-11-13/h7-8,10,13,18H,5-6,9,11H2,1-4H3,(H,19,20). The van der Waals surface area contributed by atoms with Crippen molar-refractivity contribution in [3.05, 3.63) is 18.2 Å². The Balaban J connectivity index is 2.12. The first kappa shape index (κ1) is 17.4. The second-order valence-corrected chi connectivity index (χ2v) is 6.58. The van der Waals surface area contributed by atoms with E-state index >= 15 is 0 Å². The van der Waals surface area contributed by atoms with Crippen LogP contribution >= 0.6 is 0 Å². The molecular formula is C17H26N2O4. The maximum Gasteiger partial charge on any atom is 0.412 e. The third-order valence-electron chi connectivity index (χ3n) is 3.37. The Morgan fingerprint density at radius 2 is 2.13 bits per heavy atom. The molecule has 23 heavy (non-hydrogen) atoms. The van der Waals surface area contributed by atoms with Crippen LogP contribution in [0.1, 0.15) is 33.6 Å². The molecule has 0 aliphatic carbocycles. The van der Waals surface area contributed by atoms with Gasteiger partial charge < -0.3 is 19.5 Å². The molecule has 2 N–H and O–H groups in total. The maximum absolute atomic E-state index is 12.0. The smallest absolute Gasteiger partial charge is 0.412 e. The predicted molar refractivity (Wildman–Crippen MR) is 89.4 cm³/mol. The highest BCUT2D eigenvalue weighted by Crippen LogP contribution is 2.31. The largest absolute Gasteiger partial charge is 0.497 e. The lowest BCUT2D eigenvalue weighted by Crippen LogP contribution is -2.37. The first-order chi connectivity index (χ1) is 10.9. The number of ether oxygens (including phenoxy) is 3. The van der Waals surface area contributed by atoms with E-state index in [1.807, 2.05) is 20.8 Å². The number of benzene rings is 1. The van der Waals surface area contributed by atoms with Gasteiger partial charge in [-0.05, 0) is 52.3 Å². The Kier molecular flexibility index (Phi) is 5.71. The number of methoxy groups -OCH3 is 1. The van der Waals surface area contributed by atoms with E-state index in [1.54, 1.807) is 25.3 Å². The van der Waals surface area contributed by atoms with E-state index in [0.717, 1.165) is 25.9 Å². The van der Waals surface area contributed by atoms with Crippen molar-refractivity contribution in [1.82, 2.24) is 5.32 Å². The number of hydrogen-bond donors (Lipinski definition) is 2. The summed E-state index contributed by atoms with van der Waals surface area (Å²) in [5, 5.41) is 6.05. The first-order valence-corrected chi connectivity index (χ1v) is 7.93. The summed E-state index contributed by atoms with van der Waals surface area (Å²) < 4.78 is 16.6. The first-order valence-electron chi connectivity index (χ1n) is 7.93. The van der Waals surface area contributed by atoms with E-state index in [0.29, 0.717) is 17.2 Å². The van der Waals surface area contributed by atoms with Crippen LogP contribution in [0.3, 0.4) is 0 Å². The van der Waals surface area contributed by atoms with Crippen LogP contribution in [0.25, 0.3) is 0 Å². The van der Waals surface area contributed by atoms with Crippen molar-refractivity contribution in [3.8, 4) is 11.5 Å². The van der Waals surface area contributed by atoms with Crippen molar-refractivity contribution in [2.75, 3.05) is 25.5 Å². The molecule has 6 heteroatoms. The fraction of sp³-hybridized carbons (Fsp3) is 0.588. The summed E-state index contributed by atoms with van der Waals surface area (Å²) in [4.78, 5) is 12.0. The monoisotopic (exact) mass is 322 g/mol. The van der Waals surface area contributed by atoms with Crippen LogP contribution in [0.5, 0.6) is 11.5 Å². The summed E-state index contributed by atoms with van der Waals surface area (Å²) in [5.74, 6) is 1.27. The molecule has 128 valence electrons. The second-order valence-electron chi connectivity index (χ2n) is 6.58. The van der Waals surface area contributed by atoms with Crippen LogP contribution in [0, 0.1) is 0 Å². The zero-order valence-corrected chi connectivity index (χ0v) is 14.3. The van der Waals surface area contributed by atoms with Gasteiger partial charge in [0.15, 0.2) is 0 Å². The van der Waals surface area contributed by atoms with Gasteiger partial charge >= 0.3 is 6.09 Å². The Labute approximate surface area is 137 Å². The fourth-order valence-corrected chi connectivity index (χ4v) is 2.34. The Morgan fingerprint density at radius 3 is 2.74 bits per heavy atom. The molecule has 0 spiro atoms. The molecule has 2 rings (SSSR count). The number of piperidine rings is 1. The molecule has 1 heterocycles. The molecule has 1 amide bonds. The summed E-state index contributed by atoms with van der Waals surface area (Å²) in [6.45, 7) is 7.28. The summed E-state index contributed by atoms with van der Waals surface area (Å²) in [6, 6.07) is 5.31. The van der Waals surface area contributed by atoms with Crippen molar-refractivity contribution in [2.24, 2.45) is 0 Å². The molecule has 0 radical (unpaired) electrons. The van der Waals surface area contributed by atoms with Gasteiger partial charge in [0.1, 0.15) is 23.2 Å². The quantitative estimate of drug-likeness (QED) is 0.891. The van der Waals surface area contributed by atoms with Crippen LogP contribution in [0.2, 0.25) is 0 Å². The number of nitrogens with one attached hydrogen (secondary N) is 2. The molecule has 1 aliphatic rings. The molecular weight excluding hydrogens is 296 g/mol. The number of hydrogen-bond acceptors (Lipinski definition) is 5. The van der Waals surface area contributed by atoms with Crippen LogP contribution in [-0.2, 0) is 4.74 Å². The minimum absolute atomic E-state index is 0.0787. The van der Waals surface area contributed by atoms with E-state index in [4.69, 9.17) is 14.2 Å². The van der Waals surface area contributed by atoms with Crippen LogP contribution in [0.4, 0.5) is 10.5 Å². The Bertz CT molecular complexity index is 534. The molecule has 0 bridgehead atoms. The highest BCUT2D eigenvalue weighted by atomic mass is 16.6. The van der Waals surface area contributed by atoms with Gasteiger partial charge in [-0.15, -0.1) is 0 Å². The molecule has 1 aliphatic heterocycles. The van der Waals surface area contributed by atoms with Crippen molar-refractivity contribution in [2.45, 2.75) is 45.3 Å². The Hall–Kier alpha value is -1.95. The van der Waals surface area contributed by atoms with E-state index in [9.17, 15) is 4.79 Å². The van der Waals surface area contributed by atoms with Crippen LogP contribution in [-0.4, -0.2) is 38.0 Å². The van der Waals surface area contributed by atoms with Crippen molar-refractivity contribution in [1.29, 1.82) is 0 Å². The molecule has 1 unspecified atom stereocenters. The highest BCUT2D eigenvalue weighted by Gasteiger charge is 2.20. The molecule has 1 aromatic carbocycles. The Morgan fingerprint density at radius 1 is 1.35 bits per heavy atom. The lowest BCUT2D eigenvalue weighted by atomic mass is 10.1. The van der Waals surface area contributed by atoms with Crippen molar-refractivity contribution >= 4 is 11.8 Å². The lowest BCUT2D eigenvalue weighted by molar-refractivity contribution is 0.0634. The highest BCUT2D eigenvalue weighted by molar-refractivity contribution is 5.87. The molecule has 1 aromatic rings. The molecule has 1 atom stereocenters. The van der Waals surface area contributed by atoms with Gasteiger partial charge in [-0.25, -0.2) is 4.79 Å². The van der Waals surface area contributed by atoms with Crippen LogP contribution < -0.4 is 20.1 Å². The molecule has 0 saturated carbocycles. The third kappa shape index (κ3) is 5.63. The predicted octanol–water partition coefficient (Wildman–Crippen LogP) is 3.17. The van der Waals surface area contributed by atoms with Gasteiger partial charge in [0.05, 0.1) is 12.8 Å². The van der Waals surface area contributed by atoms with E-state index in [-0.39, 0.29) is 6.10 Å². The van der Waals surface area contributed by atoms with E-state index < -0.39 is 11.7 Å². The van der Waals surface area contributed by atoms with Crippen molar-refractivity contribution < 1.29 is 19.0 Å². The number of rotatable bonds is 4. The minimum atomic E-state index is -0.551. The van der Waals surface area contributed by atoms with E-state index in [1.165, 1.54) is 0 Å². The zero-order chi connectivity index (χ0) is 16.9. The van der Waals surface area contributed by atoms with Gasteiger partial charge in [-0.3, -0.25) is 5.32 Å². The number of anilines is 1. The summed E-state index contributed by atoms with van der Waals surface area (Å²) in [7, 11) is 1.60. The minimum Gasteiger partial charge on any atom is -0.497 e. The normalized spacial score (nSPS) is 18.2. The van der Waals surface area contributed by atoms with E-state index in [2.05, 4.69) is 10.6 Å². The third-order valence-corrected chi connectivity index (χ3v) is 3.37. The summed E-state index contributed by atoms with van der Waals surface area (Å²) >= 11 is 0. The molecule has 6 nitrogen and oxygen atoms in total. The second kappa shape index (κ2) is 7.55. The number of carbonyl (C=O) groups excluding carboxylic acids is 1. The average Bonchev–Trinajstić information content (AvgIpc) is 2.48. The topological polar surface area (TPSA) is 68.8 Å². The maximum atomic E-state index is 12.0. The molecule has 1 fully saturated rings. The zero-order valence-electron chi connectivity index (χ0n) is 14.3. The summed E-state index contributed by atoms with van der Waals surface area (Å²) in [5.41, 5.74) is 0.0239. The molecule has 0 aromatic heterocycles. The molecule has 1 saturated heterocycles. The van der Waals surface area contributed by atoms with Gasteiger partial charge in [-0.2, -0.15) is 0 Å². The number of carbonyl (C=O) groups is 1. The van der Waals surface area contributed by atoms with Gasteiger partial charge in [0, 0.05) is 12.6 Å². The average molecular weight is 322 g/mol. The number of amides is 1. The summed E-state index contributed by atoms with van der Waals surface area (Å²) in [6.07, 6.45) is 1.63. The van der Waals surface area contributed by atoms with Gasteiger partial charge in [0.2, 0.25) is 0 Å². The van der Waals surface area contributed by atoms with Gasteiger partial charge in [-0.1, -0.05) is 0 Å². The fourth-order valence-electron chi connectivity index (χ4n) is 2.34. The SMILES string of the molecule is COc1ccc(NC(=O)OC(C)(C)C)c(OC2CCCNC2)c1.